The number of phenols is 1. The summed E-state index contributed by atoms with van der Waals surface area (Å²) < 4.78 is 40.1. The van der Waals surface area contributed by atoms with Crippen LogP contribution in [-0.2, 0) is 42.7 Å². The Labute approximate surface area is 359 Å². The zero-order chi connectivity index (χ0) is 46.0. The van der Waals surface area contributed by atoms with Gasteiger partial charge in [-0.3, -0.25) is 20.2 Å². The third-order valence-electron chi connectivity index (χ3n) is 8.69. The van der Waals surface area contributed by atoms with Gasteiger partial charge < -0.3 is 54.2 Å². The van der Waals surface area contributed by atoms with Gasteiger partial charge in [0.25, 0.3) is 5.91 Å². The second-order valence-corrected chi connectivity index (χ2v) is 16.7. The predicted octanol–water partition coefficient (Wildman–Crippen LogP) is 4.04. The number of benzene rings is 2. The fraction of sp³-hybridized carbons (Fsp3) is 0.548. The lowest BCUT2D eigenvalue weighted by Crippen LogP contribution is -2.61. The van der Waals surface area contributed by atoms with Crippen molar-refractivity contribution in [1.29, 1.82) is 0 Å². The van der Waals surface area contributed by atoms with Crippen molar-refractivity contribution in [2.24, 2.45) is 4.99 Å². The van der Waals surface area contributed by atoms with Crippen LogP contribution in [0.4, 0.5) is 14.4 Å². The molecule has 2 aliphatic heterocycles. The molecule has 5 amide bonds. The first kappa shape index (κ1) is 48.5. The number of carbonyl (C=O) groups is 6. The first-order valence-corrected chi connectivity index (χ1v) is 20.1. The molecule has 20 nitrogen and oxygen atoms in total. The van der Waals surface area contributed by atoms with E-state index < -0.39 is 95.2 Å². The van der Waals surface area contributed by atoms with Crippen molar-refractivity contribution in [3.63, 3.8) is 0 Å². The molecule has 2 aromatic rings. The summed E-state index contributed by atoms with van der Waals surface area (Å²) in [6.45, 7) is 15.7. The summed E-state index contributed by atoms with van der Waals surface area (Å²) in [5.74, 6) is -4.24. The van der Waals surface area contributed by atoms with Gasteiger partial charge in [-0.25, -0.2) is 24.2 Å². The minimum absolute atomic E-state index is 0.0145. The molecule has 1 saturated heterocycles. The van der Waals surface area contributed by atoms with E-state index in [1.54, 1.807) is 80.5 Å². The zero-order valence-corrected chi connectivity index (χ0v) is 36.7. The van der Waals surface area contributed by atoms with Gasteiger partial charge in [-0.1, -0.05) is 30.3 Å². The number of aromatic hydroxyl groups is 1. The number of phenolic OH excluding ortho intramolecular Hbond substituents is 1. The van der Waals surface area contributed by atoms with Crippen LogP contribution in [-0.4, -0.2) is 121 Å². The molecule has 4 rings (SSSR count). The van der Waals surface area contributed by atoms with E-state index in [1.165, 1.54) is 19.1 Å². The molecule has 1 fully saturated rings. The maximum absolute atomic E-state index is 13.5. The van der Waals surface area contributed by atoms with Crippen LogP contribution in [0, 0.1) is 0 Å². The lowest BCUT2D eigenvalue weighted by atomic mass is 9.92. The maximum Gasteiger partial charge on any atom is 0.414 e. The highest BCUT2D eigenvalue weighted by atomic mass is 16.8. The van der Waals surface area contributed by atoms with Gasteiger partial charge in [-0.15, -0.1) is 0 Å². The van der Waals surface area contributed by atoms with Gasteiger partial charge in [-0.2, -0.15) is 0 Å². The van der Waals surface area contributed by atoms with Crippen LogP contribution in [0.15, 0.2) is 53.2 Å². The first-order chi connectivity index (χ1) is 28.9. The number of nitrogens with one attached hydrogen (secondary N) is 5. The number of hydrogen-bond acceptors (Lipinski definition) is 15. The number of alkyl carbamates (subject to hydrolysis) is 3. The van der Waals surface area contributed by atoms with E-state index in [-0.39, 0.29) is 44.0 Å². The lowest BCUT2D eigenvalue weighted by Gasteiger charge is -2.40. The second kappa shape index (κ2) is 20.6. The number of fused-ring (bicyclic) bond motifs is 1. The van der Waals surface area contributed by atoms with Crippen molar-refractivity contribution in [3.05, 3.63) is 53.8 Å². The van der Waals surface area contributed by atoms with E-state index in [1.807, 2.05) is 12.1 Å². The molecule has 0 bridgehead atoms. The fourth-order valence-corrected chi connectivity index (χ4v) is 6.28. The minimum Gasteiger partial charge on any atom is -0.506 e. The van der Waals surface area contributed by atoms with Crippen LogP contribution in [0.2, 0.25) is 0 Å². The summed E-state index contributed by atoms with van der Waals surface area (Å²) in [5.41, 5.74) is -1.83. The van der Waals surface area contributed by atoms with Crippen molar-refractivity contribution in [2.45, 2.75) is 123 Å². The molecule has 2 aromatic carbocycles. The summed E-state index contributed by atoms with van der Waals surface area (Å²) >= 11 is 0. The number of hydrogen-bond donors (Lipinski definition) is 6. The summed E-state index contributed by atoms with van der Waals surface area (Å²) in [6.07, 6.45) is -5.45. The van der Waals surface area contributed by atoms with Gasteiger partial charge in [0, 0.05) is 25.4 Å². The molecule has 2 aliphatic rings. The summed E-state index contributed by atoms with van der Waals surface area (Å²) in [6, 6.07) is 7.72. The van der Waals surface area contributed by atoms with Gasteiger partial charge in [0.2, 0.25) is 17.6 Å². The molecule has 5 atom stereocenters. The molecular formula is C42H58N6O14. The molecule has 0 aliphatic carbocycles. The number of esters is 1. The smallest absolute Gasteiger partial charge is 0.414 e. The summed E-state index contributed by atoms with van der Waals surface area (Å²) in [5, 5.41) is 24.8. The van der Waals surface area contributed by atoms with Crippen LogP contribution in [0.1, 0.15) is 86.0 Å². The van der Waals surface area contributed by atoms with Crippen molar-refractivity contribution < 1.29 is 67.0 Å². The molecule has 0 aromatic heterocycles. The normalized spacial score (nSPS) is 19.9. The average Bonchev–Trinajstić information content (AvgIpc) is 3.51. The Morgan fingerprint density at radius 1 is 0.903 bits per heavy atom. The molecule has 340 valence electrons. The number of guanidine groups is 1. The average molecular weight is 871 g/mol. The van der Waals surface area contributed by atoms with Gasteiger partial charge in [0.1, 0.15) is 23.1 Å². The monoisotopic (exact) mass is 870 g/mol. The summed E-state index contributed by atoms with van der Waals surface area (Å²) in [7, 11) is 0. The van der Waals surface area contributed by atoms with E-state index in [4.69, 9.17) is 33.2 Å². The third kappa shape index (κ3) is 14.5. The number of carbonyl (C=O) groups excluding carboxylic acids is 6. The van der Waals surface area contributed by atoms with Crippen LogP contribution < -0.4 is 26.6 Å². The van der Waals surface area contributed by atoms with E-state index in [9.17, 15) is 33.9 Å². The first-order valence-electron chi connectivity index (χ1n) is 20.1. The molecule has 2 heterocycles. The summed E-state index contributed by atoms with van der Waals surface area (Å²) in [4.78, 5) is 83.1. The Morgan fingerprint density at radius 3 is 2.11 bits per heavy atom. The van der Waals surface area contributed by atoms with Gasteiger partial charge in [-0.05, 0) is 86.3 Å². The van der Waals surface area contributed by atoms with Crippen molar-refractivity contribution in [2.75, 3.05) is 26.3 Å². The lowest BCUT2D eigenvalue weighted by molar-refractivity contribution is -0.170. The van der Waals surface area contributed by atoms with Gasteiger partial charge >= 0.3 is 24.2 Å². The minimum atomic E-state index is -1.46. The number of ether oxygens (including phenoxy) is 7. The Morgan fingerprint density at radius 2 is 1.53 bits per heavy atom. The molecule has 20 heteroatoms. The van der Waals surface area contributed by atoms with Crippen LogP contribution in [0.3, 0.4) is 0 Å². The Balaban J connectivity index is 1.62. The standard InChI is InChI=1S/C42H58N6O14/c1-11-56-35(52)28-21-27(46-36(47-38(54)61-40(3,4)5)48-39(55)62-41(6,7)8)30(45-23(2)49)33(58-28)32(29-22-57-42(9,10)60-29)59-37(53)44-20-14-19-43-34(51)26-18-17-24-15-12-13-16-25(24)31(26)50/h12-13,15-18,21,27,29-30,32-33,50H,11,14,19-20,22H2,1-10H3,(H,43,51)(H,44,53)(H,45,49)(H2,46,47,48,54,55)/t27-,29+,30+,32+,33+/m0/s1. The van der Waals surface area contributed by atoms with Crippen LogP contribution >= 0.6 is 0 Å². The largest absolute Gasteiger partial charge is 0.506 e. The highest BCUT2D eigenvalue weighted by Crippen LogP contribution is 2.33. The topological polar surface area (TPSA) is 260 Å². The van der Waals surface area contributed by atoms with Crippen molar-refractivity contribution in [3.8, 4) is 5.75 Å². The highest BCUT2D eigenvalue weighted by Gasteiger charge is 2.51. The van der Waals surface area contributed by atoms with Gasteiger partial charge in [0.15, 0.2) is 18.0 Å². The Kier molecular flexibility index (Phi) is 16.1. The van der Waals surface area contributed by atoms with Gasteiger partial charge in [0.05, 0.1) is 30.9 Å². The molecule has 0 saturated carbocycles. The van der Waals surface area contributed by atoms with Crippen molar-refractivity contribution >= 4 is 52.8 Å². The molecule has 6 N–H and O–H groups in total. The van der Waals surface area contributed by atoms with E-state index in [0.717, 1.165) is 5.39 Å². The quantitative estimate of drug-likeness (QED) is 0.0579. The number of rotatable bonds is 12. The molecular weight excluding hydrogens is 812 g/mol. The molecule has 0 unspecified atom stereocenters. The SMILES string of the molecule is CCOC(=O)C1=C[C@H](N=C(NC(=O)OC(C)(C)C)NC(=O)OC(C)(C)C)[C@@H](NC(C)=O)[C@H]([C@H](OC(=O)NCCCNC(=O)c2ccc3ccccc3c2O)[C@H]2COC(C)(C)O2)O1. The van der Waals surface area contributed by atoms with Crippen LogP contribution in [0.5, 0.6) is 5.75 Å². The highest BCUT2D eigenvalue weighted by molar-refractivity contribution is 6.03. The zero-order valence-electron chi connectivity index (χ0n) is 36.7. The third-order valence-corrected chi connectivity index (χ3v) is 8.69. The fourth-order valence-electron chi connectivity index (χ4n) is 6.28. The van der Waals surface area contributed by atoms with E-state index >= 15 is 0 Å². The van der Waals surface area contributed by atoms with E-state index in [0.29, 0.717) is 5.39 Å². The van der Waals surface area contributed by atoms with E-state index in [2.05, 4.69) is 31.6 Å². The second-order valence-electron chi connectivity index (χ2n) is 16.7. The molecule has 0 spiro atoms. The maximum atomic E-state index is 13.5. The van der Waals surface area contributed by atoms with Crippen molar-refractivity contribution in [1.82, 2.24) is 26.6 Å². The van der Waals surface area contributed by atoms with Crippen LogP contribution in [0.25, 0.3) is 10.8 Å². The number of amides is 5. The Bertz CT molecular complexity index is 2010. The molecule has 62 heavy (non-hydrogen) atoms. The predicted molar refractivity (Wildman–Crippen MR) is 223 cm³/mol. The number of nitrogens with zero attached hydrogens (tertiary/aromatic N) is 1. The Hall–Kier alpha value is -6.15. The number of aliphatic imine (C=N–C) groups is 1. The molecule has 0 radical (unpaired) electrons.